The lowest BCUT2D eigenvalue weighted by atomic mass is 10.1. The first-order chi connectivity index (χ1) is 8.33. The van der Waals surface area contributed by atoms with Gasteiger partial charge in [-0.1, -0.05) is 19.1 Å². The van der Waals surface area contributed by atoms with Crippen molar-refractivity contribution in [1.82, 2.24) is 5.32 Å². The van der Waals surface area contributed by atoms with Gasteiger partial charge in [0, 0.05) is 19.2 Å². The second-order valence-corrected chi connectivity index (χ2v) is 4.40. The Hall–Kier alpha value is -1.37. The van der Waals surface area contributed by atoms with E-state index in [1.165, 1.54) is 0 Å². The molecule has 2 unspecified atom stereocenters. The summed E-state index contributed by atoms with van der Waals surface area (Å²) in [5.74, 6) is 0. The largest absolute Gasteiger partial charge is 0.372 e. The summed E-state index contributed by atoms with van der Waals surface area (Å²) >= 11 is 0. The molecule has 3 nitrogen and oxygen atoms in total. The van der Waals surface area contributed by atoms with Crippen molar-refractivity contribution in [2.45, 2.75) is 31.9 Å². The van der Waals surface area contributed by atoms with Gasteiger partial charge in [-0.25, -0.2) is 0 Å². The van der Waals surface area contributed by atoms with Crippen molar-refractivity contribution in [3.8, 4) is 6.07 Å². The summed E-state index contributed by atoms with van der Waals surface area (Å²) in [5, 5.41) is 12.3. The first-order valence-electron chi connectivity index (χ1n) is 6.18. The highest BCUT2D eigenvalue weighted by Gasteiger charge is 2.18. The second-order valence-electron chi connectivity index (χ2n) is 4.40. The van der Waals surface area contributed by atoms with Crippen molar-refractivity contribution in [3.05, 3.63) is 35.4 Å². The summed E-state index contributed by atoms with van der Waals surface area (Å²) in [6, 6.07) is 10.4. The molecular weight excluding hydrogens is 212 g/mol. The summed E-state index contributed by atoms with van der Waals surface area (Å²) < 4.78 is 5.85. The van der Waals surface area contributed by atoms with Gasteiger partial charge in [-0.3, -0.25) is 0 Å². The van der Waals surface area contributed by atoms with Gasteiger partial charge in [0.15, 0.2) is 0 Å². The van der Waals surface area contributed by atoms with Gasteiger partial charge in [0.25, 0.3) is 0 Å². The molecule has 1 saturated heterocycles. The summed E-state index contributed by atoms with van der Waals surface area (Å²) in [5.41, 5.74) is 1.84. The zero-order valence-electron chi connectivity index (χ0n) is 10.1. The topological polar surface area (TPSA) is 45.0 Å². The third-order valence-electron chi connectivity index (χ3n) is 3.28. The van der Waals surface area contributed by atoms with Gasteiger partial charge in [0.05, 0.1) is 17.7 Å². The predicted molar refractivity (Wildman–Crippen MR) is 66.5 cm³/mol. The summed E-state index contributed by atoms with van der Waals surface area (Å²) in [6.45, 7) is 3.85. The zero-order valence-corrected chi connectivity index (χ0v) is 10.1. The molecule has 2 rings (SSSR count). The van der Waals surface area contributed by atoms with Gasteiger partial charge in [0.1, 0.15) is 0 Å². The average Bonchev–Trinajstić information content (AvgIpc) is 2.64. The first kappa shape index (κ1) is 12.1. The maximum Gasteiger partial charge on any atom is 0.0991 e. The monoisotopic (exact) mass is 230 g/mol. The van der Waals surface area contributed by atoms with Crippen LogP contribution < -0.4 is 5.32 Å². The van der Waals surface area contributed by atoms with E-state index >= 15 is 0 Å². The van der Waals surface area contributed by atoms with Crippen LogP contribution in [0.3, 0.4) is 0 Å². The molecule has 1 aromatic rings. The Labute approximate surface area is 102 Å². The minimum Gasteiger partial charge on any atom is -0.372 e. The first-order valence-corrected chi connectivity index (χ1v) is 6.18. The number of nitriles is 1. The predicted octanol–water partition coefficient (Wildman–Crippen LogP) is 2.39. The highest BCUT2D eigenvalue weighted by molar-refractivity contribution is 5.32. The number of rotatable bonds is 2. The maximum absolute atomic E-state index is 8.76. The maximum atomic E-state index is 8.76. The molecule has 0 amide bonds. The fraction of sp³-hybridized carbons (Fsp3) is 0.500. The van der Waals surface area contributed by atoms with E-state index in [-0.39, 0.29) is 6.10 Å². The van der Waals surface area contributed by atoms with E-state index in [0.29, 0.717) is 11.6 Å². The van der Waals surface area contributed by atoms with Crippen molar-refractivity contribution in [2.75, 3.05) is 13.2 Å². The molecule has 0 aliphatic carbocycles. The molecule has 0 spiro atoms. The molecule has 1 N–H and O–H groups in total. The fourth-order valence-corrected chi connectivity index (χ4v) is 2.12. The Bertz CT molecular complexity index is 394. The molecule has 3 heteroatoms. The van der Waals surface area contributed by atoms with E-state index in [9.17, 15) is 0 Å². The number of nitrogens with zero attached hydrogens (tertiary/aromatic N) is 1. The Balaban J connectivity index is 2.04. The van der Waals surface area contributed by atoms with Gasteiger partial charge < -0.3 is 10.1 Å². The number of nitrogens with one attached hydrogen (secondary N) is 1. The molecule has 0 aromatic heterocycles. The molecule has 1 heterocycles. The summed E-state index contributed by atoms with van der Waals surface area (Å²) in [6.07, 6.45) is 2.33. The Morgan fingerprint density at radius 2 is 2.18 bits per heavy atom. The minimum absolute atomic E-state index is 0.110. The van der Waals surface area contributed by atoms with Crippen LogP contribution in [-0.2, 0) is 4.74 Å². The van der Waals surface area contributed by atoms with E-state index in [0.717, 1.165) is 31.6 Å². The van der Waals surface area contributed by atoms with Crippen LogP contribution >= 0.6 is 0 Å². The van der Waals surface area contributed by atoms with E-state index < -0.39 is 0 Å². The molecule has 1 aliphatic rings. The van der Waals surface area contributed by atoms with Crippen molar-refractivity contribution in [1.29, 1.82) is 5.26 Å². The van der Waals surface area contributed by atoms with Crippen LogP contribution in [0.15, 0.2) is 24.3 Å². The number of hydrogen-bond acceptors (Lipinski definition) is 3. The Kier molecular flexibility index (Phi) is 4.13. The van der Waals surface area contributed by atoms with Crippen LogP contribution in [0.1, 0.15) is 37.0 Å². The van der Waals surface area contributed by atoms with Gasteiger partial charge in [-0.15, -0.1) is 0 Å². The molecule has 17 heavy (non-hydrogen) atoms. The Morgan fingerprint density at radius 1 is 1.41 bits per heavy atom. The number of hydrogen-bond donors (Lipinski definition) is 1. The SMILES string of the molecule is CCC1CCOC(c2ccc(C#N)cc2)CN1. The lowest BCUT2D eigenvalue weighted by molar-refractivity contribution is 0.0663. The van der Waals surface area contributed by atoms with Crippen molar-refractivity contribution >= 4 is 0 Å². The van der Waals surface area contributed by atoms with Crippen LogP contribution in [0, 0.1) is 11.3 Å². The lowest BCUT2D eigenvalue weighted by Crippen LogP contribution is -2.29. The van der Waals surface area contributed by atoms with Crippen LogP contribution in [-0.4, -0.2) is 19.2 Å². The zero-order chi connectivity index (χ0) is 12.1. The van der Waals surface area contributed by atoms with Crippen molar-refractivity contribution in [3.63, 3.8) is 0 Å². The molecule has 0 radical (unpaired) electrons. The summed E-state index contributed by atoms with van der Waals surface area (Å²) in [7, 11) is 0. The fourth-order valence-electron chi connectivity index (χ4n) is 2.12. The highest BCUT2D eigenvalue weighted by atomic mass is 16.5. The van der Waals surface area contributed by atoms with Crippen LogP contribution in [0.4, 0.5) is 0 Å². The van der Waals surface area contributed by atoms with E-state index in [1.807, 2.05) is 24.3 Å². The minimum atomic E-state index is 0.110. The van der Waals surface area contributed by atoms with E-state index in [4.69, 9.17) is 10.00 Å². The smallest absolute Gasteiger partial charge is 0.0991 e. The van der Waals surface area contributed by atoms with Gasteiger partial charge >= 0.3 is 0 Å². The average molecular weight is 230 g/mol. The summed E-state index contributed by atoms with van der Waals surface area (Å²) in [4.78, 5) is 0. The van der Waals surface area contributed by atoms with Gasteiger partial charge in [-0.05, 0) is 30.5 Å². The van der Waals surface area contributed by atoms with Gasteiger partial charge in [-0.2, -0.15) is 5.26 Å². The molecule has 0 bridgehead atoms. The van der Waals surface area contributed by atoms with Crippen molar-refractivity contribution in [2.24, 2.45) is 0 Å². The lowest BCUT2D eigenvalue weighted by Gasteiger charge is -2.16. The van der Waals surface area contributed by atoms with Crippen molar-refractivity contribution < 1.29 is 4.74 Å². The second kappa shape index (κ2) is 5.81. The molecule has 2 atom stereocenters. The third kappa shape index (κ3) is 3.06. The Morgan fingerprint density at radius 3 is 2.82 bits per heavy atom. The van der Waals surface area contributed by atoms with Gasteiger partial charge in [0.2, 0.25) is 0 Å². The quantitative estimate of drug-likeness (QED) is 0.848. The molecule has 90 valence electrons. The van der Waals surface area contributed by atoms with E-state index in [1.54, 1.807) is 0 Å². The number of ether oxygens (including phenoxy) is 1. The molecule has 1 fully saturated rings. The van der Waals surface area contributed by atoms with Crippen LogP contribution in [0.5, 0.6) is 0 Å². The van der Waals surface area contributed by atoms with E-state index in [2.05, 4.69) is 18.3 Å². The third-order valence-corrected chi connectivity index (χ3v) is 3.28. The molecule has 1 aromatic carbocycles. The standard InChI is InChI=1S/C14H18N2O/c1-2-13-7-8-17-14(10-16-13)12-5-3-11(9-15)4-6-12/h3-6,13-14,16H,2,7-8,10H2,1H3. The highest BCUT2D eigenvalue weighted by Crippen LogP contribution is 2.20. The molecule has 0 saturated carbocycles. The van der Waals surface area contributed by atoms with Crippen LogP contribution in [0.25, 0.3) is 0 Å². The normalized spacial score (nSPS) is 24.9. The van der Waals surface area contributed by atoms with Crippen LogP contribution in [0.2, 0.25) is 0 Å². The molecule has 1 aliphatic heterocycles. The number of benzene rings is 1. The molecular formula is C14H18N2O.